The summed E-state index contributed by atoms with van der Waals surface area (Å²) in [5.74, 6) is -0.213. The van der Waals surface area contributed by atoms with Crippen LogP contribution in [0.15, 0.2) is 12.1 Å². The molecule has 0 bridgehead atoms. The highest BCUT2D eigenvalue weighted by Crippen LogP contribution is 2.31. The Morgan fingerprint density at radius 2 is 2.45 bits per heavy atom. The SMILES string of the molecule is OC1CCc2c1[c]ccc2F. The minimum atomic E-state index is -0.499. The van der Waals surface area contributed by atoms with Crippen molar-refractivity contribution in [3.05, 3.63) is 35.1 Å². The van der Waals surface area contributed by atoms with Crippen molar-refractivity contribution in [3.63, 3.8) is 0 Å². The van der Waals surface area contributed by atoms with Crippen LogP contribution in [0.25, 0.3) is 0 Å². The Bertz CT molecular complexity index is 283. The van der Waals surface area contributed by atoms with E-state index < -0.39 is 6.10 Å². The molecule has 1 aromatic carbocycles. The van der Waals surface area contributed by atoms with Crippen molar-refractivity contribution in [2.24, 2.45) is 0 Å². The van der Waals surface area contributed by atoms with Crippen LogP contribution < -0.4 is 0 Å². The Balaban J connectivity index is 2.57. The van der Waals surface area contributed by atoms with Crippen molar-refractivity contribution in [3.8, 4) is 0 Å². The number of hydrogen-bond acceptors (Lipinski definition) is 1. The molecule has 2 heteroatoms. The van der Waals surface area contributed by atoms with Crippen LogP contribution in [-0.4, -0.2) is 5.11 Å². The van der Waals surface area contributed by atoms with Crippen LogP contribution in [0.1, 0.15) is 23.7 Å². The van der Waals surface area contributed by atoms with Gasteiger partial charge < -0.3 is 5.11 Å². The fourth-order valence-corrected chi connectivity index (χ4v) is 1.50. The maximum absolute atomic E-state index is 12.9. The summed E-state index contributed by atoms with van der Waals surface area (Å²) in [5.41, 5.74) is 1.28. The minimum absolute atomic E-state index is 0.213. The highest BCUT2D eigenvalue weighted by Gasteiger charge is 2.22. The summed E-state index contributed by atoms with van der Waals surface area (Å²) in [5, 5.41) is 9.31. The van der Waals surface area contributed by atoms with Gasteiger partial charge in [-0.05, 0) is 36.1 Å². The predicted molar refractivity (Wildman–Crippen MR) is 38.5 cm³/mol. The summed E-state index contributed by atoms with van der Waals surface area (Å²) in [6.07, 6.45) is 0.771. The van der Waals surface area contributed by atoms with E-state index in [0.29, 0.717) is 24.0 Å². The number of fused-ring (bicyclic) bond motifs is 1. The lowest BCUT2D eigenvalue weighted by Crippen LogP contribution is -1.91. The topological polar surface area (TPSA) is 20.2 Å². The highest BCUT2D eigenvalue weighted by molar-refractivity contribution is 5.33. The molecule has 0 amide bonds. The molecule has 0 aromatic heterocycles. The number of halogens is 1. The van der Waals surface area contributed by atoms with Gasteiger partial charge in [-0.3, -0.25) is 0 Å². The molecule has 1 unspecified atom stereocenters. The zero-order chi connectivity index (χ0) is 7.84. The zero-order valence-corrected chi connectivity index (χ0v) is 5.97. The van der Waals surface area contributed by atoms with Gasteiger partial charge in [0, 0.05) is 0 Å². The number of rotatable bonds is 0. The Morgan fingerprint density at radius 1 is 1.64 bits per heavy atom. The lowest BCUT2D eigenvalue weighted by molar-refractivity contribution is 0.180. The number of benzene rings is 1. The third kappa shape index (κ3) is 0.942. The van der Waals surface area contributed by atoms with E-state index in [4.69, 9.17) is 0 Å². The summed E-state index contributed by atoms with van der Waals surface area (Å²) in [4.78, 5) is 0. The molecule has 1 radical (unpaired) electrons. The summed E-state index contributed by atoms with van der Waals surface area (Å²) in [7, 11) is 0. The van der Waals surface area contributed by atoms with Crippen LogP contribution in [0.2, 0.25) is 0 Å². The standard InChI is InChI=1S/C9H8FO/c10-8-3-1-2-7-6(8)4-5-9(7)11/h1,3,9,11H,4-5H2. The van der Waals surface area contributed by atoms with E-state index in [1.807, 2.05) is 0 Å². The molecule has 1 aromatic rings. The van der Waals surface area contributed by atoms with Gasteiger partial charge in [-0.1, -0.05) is 6.07 Å². The molecular formula is C9H8FO. The maximum Gasteiger partial charge on any atom is 0.126 e. The first kappa shape index (κ1) is 6.80. The molecule has 0 heterocycles. The van der Waals surface area contributed by atoms with Gasteiger partial charge in [0.15, 0.2) is 0 Å². The second-order valence-corrected chi connectivity index (χ2v) is 2.77. The summed E-state index contributed by atoms with van der Waals surface area (Å²) >= 11 is 0. The monoisotopic (exact) mass is 151 g/mol. The molecule has 0 saturated carbocycles. The van der Waals surface area contributed by atoms with Crippen LogP contribution >= 0.6 is 0 Å². The third-order valence-corrected chi connectivity index (χ3v) is 2.08. The van der Waals surface area contributed by atoms with Crippen LogP contribution in [-0.2, 0) is 6.42 Å². The van der Waals surface area contributed by atoms with Crippen LogP contribution in [0.5, 0.6) is 0 Å². The van der Waals surface area contributed by atoms with Gasteiger partial charge in [-0.15, -0.1) is 0 Å². The van der Waals surface area contributed by atoms with Crippen molar-refractivity contribution >= 4 is 0 Å². The Kier molecular flexibility index (Phi) is 1.43. The largest absolute Gasteiger partial charge is 0.388 e. The number of aliphatic hydroxyl groups is 1. The minimum Gasteiger partial charge on any atom is -0.388 e. The maximum atomic E-state index is 12.9. The van der Waals surface area contributed by atoms with Gasteiger partial charge in [-0.25, -0.2) is 4.39 Å². The van der Waals surface area contributed by atoms with Crippen LogP contribution in [0.3, 0.4) is 0 Å². The molecule has 0 saturated heterocycles. The average Bonchev–Trinajstić information content (AvgIpc) is 2.35. The first-order valence-electron chi connectivity index (χ1n) is 3.66. The lowest BCUT2D eigenvalue weighted by atomic mass is 10.1. The second kappa shape index (κ2) is 2.31. The predicted octanol–water partition coefficient (Wildman–Crippen LogP) is 1.61. The van der Waals surface area contributed by atoms with Crippen molar-refractivity contribution in [1.82, 2.24) is 0 Å². The fourth-order valence-electron chi connectivity index (χ4n) is 1.50. The van der Waals surface area contributed by atoms with Gasteiger partial charge in [0.05, 0.1) is 6.10 Å². The normalized spacial score (nSPS) is 21.8. The number of hydrogen-bond donors (Lipinski definition) is 1. The fraction of sp³-hybridized carbons (Fsp3) is 0.333. The van der Waals surface area contributed by atoms with Gasteiger partial charge in [-0.2, -0.15) is 0 Å². The molecule has 1 aliphatic rings. The van der Waals surface area contributed by atoms with E-state index in [9.17, 15) is 9.50 Å². The Labute approximate surface area is 64.5 Å². The first-order chi connectivity index (χ1) is 5.29. The van der Waals surface area contributed by atoms with Gasteiger partial charge in [0.25, 0.3) is 0 Å². The van der Waals surface area contributed by atoms with E-state index >= 15 is 0 Å². The quantitative estimate of drug-likeness (QED) is 0.597. The summed E-state index contributed by atoms with van der Waals surface area (Å²) < 4.78 is 12.9. The van der Waals surface area contributed by atoms with E-state index in [1.54, 1.807) is 0 Å². The molecule has 1 atom stereocenters. The lowest BCUT2D eigenvalue weighted by Gasteiger charge is -2.01. The Morgan fingerprint density at radius 3 is 3.18 bits per heavy atom. The first-order valence-corrected chi connectivity index (χ1v) is 3.66. The molecule has 0 spiro atoms. The van der Waals surface area contributed by atoms with E-state index in [0.717, 1.165) is 0 Å². The smallest absolute Gasteiger partial charge is 0.126 e. The van der Waals surface area contributed by atoms with Gasteiger partial charge in [0.2, 0.25) is 0 Å². The van der Waals surface area contributed by atoms with Gasteiger partial charge >= 0.3 is 0 Å². The Hall–Kier alpha value is -0.890. The second-order valence-electron chi connectivity index (χ2n) is 2.77. The van der Waals surface area contributed by atoms with Crippen LogP contribution in [0, 0.1) is 11.9 Å². The number of aliphatic hydroxyl groups excluding tert-OH is 1. The molecule has 0 fully saturated rings. The third-order valence-electron chi connectivity index (χ3n) is 2.08. The molecular weight excluding hydrogens is 143 g/mol. The molecule has 11 heavy (non-hydrogen) atoms. The summed E-state index contributed by atoms with van der Waals surface area (Å²) in [6.45, 7) is 0. The summed E-state index contributed by atoms with van der Waals surface area (Å²) in [6, 6.07) is 5.75. The van der Waals surface area contributed by atoms with Crippen molar-refractivity contribution in [2.45, 2.75) is 18.9 Å². The van der Waals surface area contributed by atoms with Crippen molar-refractivity contribution < 1.29 is 9.50 Å². The average molecular weight is 151 g/mol. The van der Waals surface area contributed by atoms with Crippen molar-refractivity contribution in [1.29, 1.82) is 0 Å². The molecule has 1 nitrogen and oxygen atoms in total. The van der Waals surface area contributed by atoms with E-state index in [1.165, 1.54) is 12.1 Å². The van der Waals surface area contributed by atoms with Gasteiger partial charge in [0.1, 0.15) is 5.82 Å². The molecule has 57 valence electrons. The van der Waals surface area contributed by atoms with Crippen LogP contribution in [0.4, 0.5) is 4.39 Å². The highest BCUT2D eigenvalue weighted by atomic mass is 19.1. The molecule has 0 aliphatic heterocycles. The molecule has 1 N–H and O–H groups in total. The van der Waals surface area contributed by atoms with Crippen molar-refractivity contribution in [2.75, 3.05) is 0 Å². The zero-order valence-electron chi connectivity index (χ0n) is 5.97. The van der Waals surface area contributed by atoms with E-state index in [2.05, 4.69) is 6.07 Å². The molecule has 2 rings (SSSR count). The molecule has 1 aliphatic carbocycles. The van der Waals surface area contributed by atoms with E-state index in [-0.39, 0.29) is 5.82 Å².